The van der Waals surface area contributed by atoms with E-state index < -0.39 is 0 Å². The summed E-state index contributed by atoms with van der Waals surface area (Å²) < 4.78 is 5.51. The van der Waals surface area contributed by atoms with E-state index in [1.807, 2.05) is 32.0 Å². The molecule has 1 aromatic rings. The second-order valence-electron chi connectivity index (χ2n) is 3.23. The molecule has 0 amide bonds. The van der Waals surface area contributed by atoms with Gasteiger partial charge in [-0.3, -0.25) is 0 Å². The van der Waals surface area contributed by atoms with Crippen molar-refractivity contribution in [2.24, 2.45) is 5.73 Å². The summed E-state index contributed by atoms with van der Waals surface area (Å²) in [6.45, 7) is 4.34. The number of nitrogens with zero attached hydrogens (tertiary/aromatic N) is 1. The highest BCUT2D eigenvalue weighted by Crippen LogP contribution is 2.12. The first-order valence-corrected chi connectivity index (χ1v) is 3.94. The third kappa shape index (κ3) is 2.51. The van der Waals surface area contributed by atoms with Crippen LogP contribution in [0.15, 0.2) is 24.4 Å². The second-order valence-corrected chi connectivity index (χ2v) is 3.23. The quantitative estimate of drug-likeness (QED) is 0.734. The molecule has 0 fully saturated rings. The molecule has 0 atom stereocenters. The van der Waals surface area contributed by atoms with E-state index in [1.165, 1.54) is 0 Å². The van der Waals surface area contributed by atoms with Crippen LogP contribution in [0.25, 0.3) is 0 Å². The molecule has 0 radical (unpaired) electrons. The van der Waals surface area contributed by atoms with Gasteiger partial charge in [-0.2, -0.15) is 0 Å². The normalized spacial score (nSPS) is 11.2. The molecule has 0 saturated heterocycles. The monoisotopic (exact) mass is 166 g/mol. The van der Waals surface area contributed by atoms with Crippen LogP contribution in [0.2, 0.25) is 0 Å². The van der Waals surface area contributed by atoms with Crippen molar-refractivity contribution in [3.8, 4) is 5.88 Å². The summed E-state index contributed by atoms with van der Waals surface area (Å²) >= 11 is 0. The van der Waals surface area contributed by atoms with Crippen LogP contribution in [-0.4, -0.2) is 17.1 Å². The first kappa shape index (κ1) is 9.00. The minimum atomic E-state index is -0.339. The molecule has 3 heteroatoms. The molecule has 2 N–H and O–H groups in total. The number of hydrogen-bond donors (Lipinski definition) is 1. The number of hydrogen-bond acceptors (Lipinski definition) is 3. The Morgan fingerprint density at radius 1 is 1.50 bits per heavy atom. The lowest BCUT2D eigenvalue weighted by Gasteiger charge is -2.23. The fraction of sp³-hybridized carbons (Fsp3) is 0.444. The Balaban J connectivity index is 2.64. The number of nitrogens with two attached hydrogens (primary N) is 1. The Bertz CT molecular complexity index is 234. The van der Waals surface area contributed by atoms with E-state index in [4.69, 9.17) is 10.5 Å². The molecule has 0 aliphatic carbocycles. The van der Waals surface area contributed by atoms with E-state index >= 15 is 0 Å². The van der Waals surface area contributed by atoms with Crippen molar-refractivity contribution in [3.05, 3.63) is 24.4 Å². The van der Waals surface area contributed by atoms with Crippen molar-refractivity contribution < 1.29 is 4.74 Å². The number of rotatable bonds is 3. The van der Waals surface area contributed by atoms with Crippen molar-refractivity contribution in [2.75, 3.05) is 6.54 Å². The Morgan fingerprint density at radius 2 is 2.25 bits per heavy atom. The van der Waals surface area contributed by atoms with Crippen molar-refractivity contribution in [1.29, 1.82) is 0 Å². The van der Waals surface area contributed by atoms with Gasteiger partial charge in [-0.1, -0.05) is 6.07 Å². The van der Waals surface area contributed by atoms with Gasteiger partial charge in [-0.05, 0) is 19.9 Å². The third-order valence-electron chi connectivity index (χ3n) is 1.51. The Kier molecular flexibility index (Phi) is 2.65. The largest absolute Gasteiger partial charge is 0.470 e. The van der Waals surface area contributed by atoms with Crippen LogP contribution in [0.5, 0.6) is 5.88 Å². The maximum Gasteiger partial charge on any atom is 0.213 e. The van der Waals surface area contributed by atoms with Gasteiger partial charge >= 0.3 is 0 Å². The maximum absolute atomic E-state index is 5.51. The predicted octanol–water partition coefficient (Wildman–Crippen LogP) is 1.20. The summed E-state index contributed by atoms with van der Waals surface area (Å²) in [4.78, 5) is 4.03. The van der Waals surface area contributed by atoms with Crippen LogP contribution in [0, 0.1) is 0 Å². The molecule has 1 heterocycles. The molecule has 3 nitrogen and oxygen atoms in total. The topological polar surface area (TPSA) is 48.1 Å². The van der Waals surface area contributed by atoms with Gasteiger partial charge in [0.2, 0.25) is 5.88 Å². The summed E-state index contributed by atoms with van der Waals surface area (Å²) in [6.07, 6.45) is 1.70. The highest BCUT2D eigenvalue weighted by atomic mass is 16.5. The molecular weight excluding hydrogens is 152 g/mol. The van der Waals surface area contributed by atoms with Crippen LogP contribution in [0.1, 0.15) is 13.8 Å². The van der Waals surface area contributed by atoms with E-state index in [1.54, 1.807) is 6.20 Å². The average Bonchev–Trinajstić information content (AvgIpc) is 2.06. The zero-order valence-electron chi connectivity index (χ0n) is 7.45. The van der Waals surface area contributed by atoms with Crippen LogP contribution in [0.4, 0.5) is 0 Å². The third-order valence-corrected chi connectivity index (χ3v) is 1.51. The molecule has 1 rings (SSSR count). The van der Waals surface area contributed by atoms with E-state index in [0.29, 0.717) is 12.4 Å². The van der Waals surface area contributed by atoms with Crippen molar-refractivity contribution in [1.82, 2.24) is 4.98 Å². The van der Waals surface area contributed by atoms with Crippen molar-refractivity contribution in [2.45, 2.75) is 19.4 Å². The highest BCUT2D eigenvalue weighted by molar-refractivity contribution is 5.10. The molecule has 1 aromatic heterocycles. The number of aromatic nitrogens is 1. The van der Waals surface area contributed by atoms with Crippen molar-refractivity contribution >= 4 is 0 Å². The number of pyridine rings is 1. The van der Waals surface area contributed by atoms with Gasteiger partial charge in [0.15, 0.2) is 0 Å². The lowest BCUT2D eigenvalue weighted by atomic mass is 10.1. The zero-order valence-corrected chi connectivity index (χ0v) is 7.45. The van der Waals surface area contributed by atoms with Gasteiger partial charge in [0.05, 0.1) is 0 Å². The molecule has 0 unspecified atom stereocenters. The van der Waals surface area contributed by atoms with Crippen molar-refractivity contribution in [3.63, 3.8) is 0 Å². The summed E-state index contributed by atoms with van der Waals surface area (Å²) in [5.41, 5.74) is 5.16. The van der Waals surface area contributed by atoms with Crippen LogP contribution in [-0.2, 0) is 0 Å². The molecule has 0 aliphatic rings. The lowest BCUT2D eigenvalue weighted by Crippen LogP contribution is -2.37. The Hall–Kier alpha value is -1.09. The molecular formula is C9H14N2O. The van der Waals surface area contributed by atoms with E-state index in [9.17, 15) is 0 Å². The Morgan fingerprint density at radius 3 is 2.75 bits per heavy atom. The van der Waals surface area contributed by atoms with E-state index in [-0.39, 0.29) is 5.60 Å². The average molecular weight is 166 g/mol. The van der Waals surface area contributed by atoms with Crippen LogP contribution in [0.3, 0.4) is 0 Å². The van der Waals surface area contributed by atoms with E-state index in [2.05, 4.69) is 4.98 Å². The van der Waals surface area contributed by atoms with Gasteiger partial charge < -0.3 is 10.5 Å². The van der Waals surface area contributed by atoms with Gasteiger partial charge in [-0.15, -0.1) is 0 Å². The van der Waals surface area contributed by atoms with Gasteiger partial charge in [0, 0.05) is 18.8 Å². The van der Waals surface area contributed by atoms with Gasteiger partial charge in [-0.25, -0.2) is 4.98 Å². The van der Waals surface area contributed by atoms with E-state index in [0.717, 1.165) is 0 Å². The van der Waals surface area contributed by atoms with Gasteiger partial charge in [0.1, 0.15) is 5.60 Å². The first-order chi connectivity index (χ1) is 5.64. The molecule has 66 valence electrons. The minimum absolute atomic E-state index is 0.339. The zero-order chi connectivity index (χ0) is 9.03. The summed E-state index contributed by atoms with van der Waals surface area (Å²) in [5.74, 6) is 0.618. The molecule has 0 bridgehead atoms. The number of ether oxygens (including phenoxy) is 1. The molecule has 0 spiro atoms. The van der Waals surface area contributed by atoms with Gasteiger partial charge in [0.25, 0.3) is 0 Å². The SMILES string of the molecule is CC(C)(CN)Oc1ccccn1. The maximum atomic E-state index is 5.51. The molecule has 0 aromatic carbocycles. The second kappa shape index (κ2) is 3.54. The highest BCUT2D eigenvalue weighted by Gasteiger charge is 2.17. The summed E-state index contributed by atoms with van der Waals surface area (Å²) in [5, 5.41) is 0. The molecule has 0 aliphatic heterocycles. The smallest absolute Gasteiger partial charge is 0.213 e. The predicted molar refractivity (Wildman–Crippen MR) is 48.0 cm³/mol. The lowest BCUT2D eigenvalue weighted by molar-refractivity contribution is 0.112. The van der Waals surface area contributed by atoms with Crippen LogP contribution < -0.4 is 10.5 Å². The summed E-state index contributed by atoms with van der Waals surface area (Å²) in [7, 11) is 0. The molecule has 12 heavy (non-hydrogen) atoms. The Labute approximate surface area is 72.6 Å². The van der Waals surface area contributed by atoms with Crippen LogP contribution >= 0.6 is 0 Å². The minimum Gasteiger partial charge on any atom is -0.470 e. The first-order valence-electron chi connectivity index (χ1n) is 3.94. The summed E-state index contributed by atoms with van der Waals surface area (Å²) in [6, 6.07) is 5.55. The fourth-order valence-electron chi connectivity index (χ4n) is 0.732. The fourth-order valence-corrected chi connectivity index (χ4v) is 0.732. The molecule has 0 saturated carbocycles. The standard InChI is InChI=1S/C9H14N2O/c1-9(2,7-10)12-8-5-3-4-6-11-8/h3-6H,7,10H2,1-2H3.